The Morgan fingerprint density at radius 2 is 1.94 bits per heavy atom. The zero-order valence-corrected chi connectivity index (χ0v) is 12.7. The summed E-state index contributed by atoms with van der Waals surface area (Å²) in [6.07, 6.45) is 0. The van der Waals surface area contributed by atoms with Gasteiger partial charge in [0.15, 0.2) is 0 Å². The number of nitrogens with one attached hydrogen (secondary N) is 1. The van der Waals surface area contributed by atoms with Gasteiger partial charge in [0.1, 0.15) is 11.4 Å². The molecule has 0 aromatic heterocycles. The minimum absolute atomic E-state index is 0.179. The molecule has 1 saturated heterocycles. The second-order valence-corrected chi connectivity index (χ2v) is 6.17. The van der Waals surface area contributed by atoms with Gasteiger partial charge in [-0.3, -0.25) is 4.90 Å². The predicted molar refractivity (Wildman–Crippen MR) is 78.2 cm³/mol. The Hall–Kier alpha value is -0.580. The first-order chi connectivity index (χ1) is 8.57. The van der Waals surface area contributed by atoms with Crippen LogP contribution in [0.15, 0.2) is 28.7 Å². The lowest BCUT2D eigenvalue weighted by Gasteiger charge is -2.35. The number of benzene rings is 1. The van der Waals surface area contributed by atoms with Gasteiger partial charge in [0.25, 0.3) is 0 Å². The van der Waals surface area contributed by atoms with Crippen LogP contribution in [0.25, 0.3) is 0 Å². The summed E-state index contributed by atoms with van der Waals surface area (Å²) in [6, 6.07) is 8.01. The SMILES string of the molecule is CC(C)(CN1CCNCC1)Oc1ccccc1Br. The minimum Gasteiger partial charge on any atom is -0.485 e. The van der Waals surface area contributed by atoms with Gasteiger partial charge in [-0.05, 0) is 41.9 Å². The van der Waals surface area contributed by atoms with E-state index in [-0.39, 0.29) is 5.60 Å². The Balaban J connectivity index is 1.96. The summed E-state index contributed by atoms with van der Waals surface area (Å²) in [7, 11) is 0. The highest BCUT2D eigenvalue weighted by atomic mass is 79.9. The second kappa shape index (κ2) is 6.04. The van der Waals surface area contributed by atoms with Crippen molar-refractivity contribution >= 4 is 15.9 Å². The van der Waals surface area contributed by atoms with E-state index in [0.29, 0.717) is 0 Å². The van der Waals surface area contributed by atoms with E-state index in [0.717, 1.165) is 42.9 Å². The largest absolute Gasteiger partial charge is 0.485 e. The summed E-state index contributed by atoms with van der Waals surface area (Å²) in [4.78, 5) is 2.45. The number of hydrogen-bond acceptors (Lipinski definition) is 3. The van der Waals surface area contributed by atoms with E-state index in [4.69, 9.17) is 4.74 Å². The summed E-state index contributed by atoms with van der Waals surface area (Å²) < 4.78 is 7.14. The summed E-state index contributed by atoms with van der Waals surface area (Å²) in [6.45, 7) is 9.60. The molecule has 0 atom stereocenters. The van der Waals surface area contributed by atoms with Crippen molar-refractivity contribution in [3.8, 4) is 5.75 Å². The van der Waals surface area contributed by atoms with Crippen LogP contribution in [0.5, 0.6) is 5.75 Å². The highest BCUT2D eigenvalue weighted by Gasteiger charge is 2.25. The van der Waals surface area contributed by atoms with Crippen LogP contribution >= 0.6 is 15.9 Å². The monoisotopic (exact) mass is 312 g/mol. The second-order valence-electron chi connectivity index (χ2n) is 5.32. The van der Waals surface area contributed by atoms with Crippen molar-refractivity contribution in [3.05, 3.63) is 28.7 Å². The Morgan fingerprint density at radius 1 is 1.28 bits per heavy atom. The molecule has 0 amide bonds. The molecule has 0 spiro atoms. The number of hydrogen-bond donors (Lipinski definition) is 1. The molecule has 1 heterocycles. The first kappa shape index (κ1) is 13.8. The van der Waals surface area contributed by atoms with Gasteiger partial charge in [0.05, 0.1) is 4.47 Å². The van der Waals surface area contributed by atoms with E-state index in [1.54, 1.807) is 0 Å². The van der Waals surface area contributed by atoms with Gasteiger partial charge in [0, 0.05) is 32.7 Å². The number of ether oxygens (including phenoxy) is 1. The first-order valence-electron chi connectivity index (χ1n) is 6.43. The van der Waals surface area contributed by atoms with E-state index >= 15 is 0 Å². The van der Waals surface area contributed by atoms with Crippen molar-refractivity contribution in [2.45, 2.75) is 19.4 Å². The molecule has 0 aliphatic carbocycles. The smallest absolute Gasteiger partial charge is 0.134 e. The van der Waals surface area contributed by atoms with Crippen molar-refractivity contribution in [1.29, 1.82) is 0 Å². The molecule has 3 nitrogen and oxygen atoms in total. The molecule has 0 bridgehead atoms. The van der Waals surface area contributed by atoms with Gasteiger partial charge >= 0.3 is 0 Å². The van der Waals surface area contributed by atoms with Gasteiger partial charge < -0.3 is 10.1 Å². The summed E-state index contributed by atoms with van der Waals surface area (Å²) >= 11 is 3.53. The van der Waals surface area contributed by atoms with Crippen LogP contribution in [-0.2, 0) is 0 Å². The fourth-order valence-corrected chi connectivity index (χ4v) is 2.63. The van der Waals surface area contributed by atoms with Crippen LogP contribution in [0.2, 0.25) is 0 Å². The molecule has 1 N–H and O–H groups in total. The normalized spacial score (nSPS) is 17.7. The van der Waals surface area contributed by atoms with Crippen LogP contribution in [0, 0.1) is 0 Å². The summed E-state index contributed by atoms with van der Waals surface area (Å²) in [5, 5.41) is 3.37. The standard InChI is InChI=1S/C14H21BrN2O/c1-14(2,11-17-9-7-16-8-10-17)18-13-6-4-3-5-12(13)15/h3-6,16H,7-11H2,1-2H3. The molecule has 0 radical (unpaired) electrons. The number of piperazine rings is 1. The molecular formula is C14H21BrN2O. The summed E-state index contributed by atoms with van der Waals surface area (Å²) in [5.41, 5.74) is -0.179. The van der Waals surface area contributed by atoms with E-state index < -0.39 is 0 Å². The van der Waals surface area contributed by atoms with Gasteiger partial charge in [-0.25, -0.2) is 0 Å². The number of nitrogens with zero attached hydrogens (tertiary/aromatic N) is 1. The maximum absolute atomic E-state index is 6.13. The molecule has 100 valence electrons. The lowest BCUT2D eigenvalue weighted by Crippen LogP contribution is -2.50. The maximum atomic E-state index is 6.13. The fourth-order valence-electron chi connectivity index (χ4n) is 2.27. The van der Waals surface area contributed by atoms with E-state index in [1.807, 2.05) is 24.3 Å². The molecule has 1 aliphatic heterocycles. The average Bonchev–Trinajstić information content (AvgIpc) is 2.32. The van der Waals surface area contributed by atoms with Crippen molar-refractivity contribution in [3.63, 3.8) is 0 Å². The quantitative estimate of drug-likeness (QED) is 0.924. The minimum atomic E-state index is -0.179. The Labute approximate surface area is 118 Å². The van der Waals surface area contributed by atoms with Crippen LogP contribution in [0.3, 0.4) is 0 Å². The molecular weight excluding hydrogens is 292 g/mol. The summed E-state index contributed by atoms with van der Waals surface area (Å²) in [5.74, 6) is 0.914. The molecule has 2 rings (SSSR count). The van der Waals surface area contributed by atoms with Gasteiger partial charge in [-0.2, -0.15) is 0 Å². The number of rotatable bonds is 4. The average molecular weight is 313 g/mol. The fraction of sp³-hybridized carbons (Fsp3) is 0.571. The van der Waals surface area contributed by atoms with Gasteiger partial charge in [0.2, 0.25) is 0 Å². The Morgan fingerprint density at radius 3 is 2.61 bits per heavy atom. The van der Waals surface area contributed by atoms with E-state index in [2.05, 4.69) is 40.0 Å². The van der Waals surface area contributed by atoms with Crippen molar-refractivity contribution in [2.75, 3.05) is 32.7 Å². The Bertz CT molecular complexity index is 389. The zero-order valence-electron chi connectivity index (χ0n) is 11.1. The van der Waals surface area contributed by atoms with Crippen LogP contribution in [0.4, 0.5) is 0 Å². The number of halogens is 1. The molecule has 18 heavy (non-hydrogen) atoms. The van der Waals surface area contributed by atoms with E-state index in [1.165, 1.54) is 0 Å². The maximum Gasteiger partial charge on any atom is 0.134 e. The van der Waals surface area contributed by atoms with Crippen LogP contribution in [0.1, 0.15) is 13.8 Å². The van der Waals surface area contributed by atoms with Gasteiger partial charge in [-0.15, -0.1) is 0 Å². The molecule has 0 unspecified atom stereocenters. The lowest BCUT2D eigenvalue weighted by atomic mass is 10.1. The predicted octanol–water partition coefficient (Wildman–Crippen LogP) is 2.51. The molecule has 1 aliphatic rings. The van der Waals surface area contributed by atoms with Crippen molar-refractivity contribution < 1.29 is 4.74 Å². The molecule has 0 saturated carbocycles. The molecule has 4 heteroatoms. The van der Waals surface area contributed by atoms with Crippen LogP contribution < -0.4 is 10.1 Å². The zero-order chi connectivity index (χ0) is 13.0. The van der Waals surface area contributed by atoms with E-state index in [9.17, 15) is 0 Å². The van der Waals surface area contributed by atoms with Crippen molar-refractivity contribution in [2.24, 2.45) is 0 Å². The topological polar surface area (TPSA) is 24.5 Å². The third-order valence-corrected chi connectivity index (χ3v) is 3.69. The Kier molecular flexibility index (Phi) is 4.65. The third-order valence-electron chi connectivity index (χ3n) is 3.04. The molecule has 1 aromatic carbocycles. The number of para-hydroxylation sites is 1. The third kappa shape index (κ3) is 3.97. The van der Waals surface area contributed by atoms with Crippen molar-refractivity contribution in [1.82, 2.24) is 10.2 Å². The van der Waals surface area contributed by atoms with Crippen LogP contribution in [-0.4, -0.2) is 43.2 Å². The van der Waals surface area contributed by atoms with Gasteiger partial charge in [-0.1, -0.05) is 12.1 Å². The highest BCUT2D eigenvalue weighted by Crippen LogP contribution is 2.28. The highest BCUT2D eigenvalue weighted by molar-refractivity contribution is 9.10. The first-order valence-corrected chi connectivity index (χ1v) is 7.23. The lowest BCUT2D eigenvalue weighted by molar-refractivity contribution is 0.0541. The molecule has 1 aromatic rings. The molecule has 1 fully saturated rings.